The monoisotopic (exact) mass is 302 g/mol. The summed E-state index contributed by atoms with van der Waals surface area (Å²) in [4.78, 5) is 11.6. The average Bonchev–Trinajstić information content (AvgIpc) is 3.15. The molecule has 1 aromatic rings. The van der Waals surface area contributed by atoms with E-state index < -0.39 is 0 Å². The zero-order valence-electron chi connectivity index (χ0n) is 11.0. The van der Waals surface area contributed by atoms with Crippen LogP contribution in [0, 0.1) is 0 Å². The van der Waals surface area contributed by atoms with Crippen molar-refractivity contribution in [1.82, 2.24) is 10.6 Å². The zero-order chi connectivity index (χ0) is 13.0. The molecule has 19 heavy (non-hydrogen) atoms. The van der Waals surface area contributed by atoms with Crippen molar-refractivity contribution in [3.05, 3.63) is 34.9 Å². The Morgan fingerprint density at radius 1 is 1.42 bits per heavy atom. The Morgan fingerprint density at radius 3 is 2.74 bits per heavy atom. The Labute approximate surface area is 125 Å². The highest BCUT2D eigenvalue weighted by atomic mass is 35.5. The first-order valence-corrected chi connectivity index (χ1v) is 6.71. The molecule has 1 saturated carbocycles. The number of benzene rings is 1. The van der Waals surface area contributed by atoms with Crippen molar-refractivity contribution in [3.63, 3.8) is 0 Å². The van der Waals surface area contributed by atoms with Crippen LogP contribution in [0.25, 0.3) is 0 Å². The molecule has 0 saturated heterocycles. The predicted molar refractivity (Wildman–Crippen MR) is 81.2 cm³/mol. The van der Waals surface area contributed by atoms with E-state index >= 15 is 0 Å². The maximum absolute atomic E-state index is 11.6. The molecule has 106 valence electrons. The van der Waals surface area contributed by atoms with Crippen molar-refractivity contribution in [2.75, 3.05) is 20.1 Å². The minimum atomic E-state index is 0. The standard InChI is InChI=1S/C14H19ClN2O.ClH/c1-16-8-5-13(18)17-10-14(6-7-14)11-3-2-4-12(15)9-11;/h2-4,9,16H,5-8,10H2,1H3,(H,17,18);1H. The normalized spacial score (nSPS) is 15.5. The molecule has 2 N–H and O–H groups in total. The molecule has 0 aromatic heterocycles. The molecular formula is C14H20Cl2N2O. The van der Waals surface area contributed by atoms with Crippen LogP contribution in [0.4, 0.5) is 0 Å². The molecule has 1 aromatic carbocycles. The third kappa shape index (κ3) is 4.37. The fourth-order valence-electron chi connectivity index (χ4n) is 2.13. The maximum atomic E-state index is 11.6. The van der Waals surface area contributed by atoms with Gasteiger partial charge in [-0.25, -0.2) is 0 Å². The molecule has 1 aliphatic rings. The summed E-state index contributed by atoms with van der Waals surface area (Å²) in [5.74, 6) is 0.109. The number of halogens is 2. The van der Waals surface area contributed by atoms with Crippen molar-refractivity contribution in [1.29, 1.82) is 0 Å². The van der Waals surface area contributed by atoms with Gasteiger partial charge in [-0.05, 0) is 37.6 Å². The van der Waals surface area contributed by atoms with Crippen LogP contribution in [0.5, 0.6) is 0 Å². The van der Waals surface area contributed by atoms with Gasteiger partial charge >= 0.3 is 0 Å². The molecule has 1 amide bonds. The lowest BCUT2D eigenvalue weighted by molar-refractivity contribution is -0.121. The molecule has 0 radical (unpaired) electrons. The van der Waals surface area contributed by atoms with Gasteiger partial charge in [0.05, 0.1) is 0 Å². The number of hydrogen-bond acceptors (Lipinski definition) is 2. The third-order valence-corrected chi connectivity index (χ3v) is 3.75. The lowest BCUT2D eigenvalue weighted by Crippen LogP contribution is -2.33. The molecule has 0 spiro atoms. The molecule has 2 rings (SSSR count). The van der Waals surface area contributed by atoms with Crippen LogP contribution in [-0.4, -0.2) is 26.0 Å². The van der Waals surface area contributed by atoms with Crippen LogP contribution in [-0.2, 0) is 10.2 Å². The summed E-state index contributed by atoms with van der Waals surface area (Å²) in [5.41, 5.74) is 1.36. The van der Waals surface area contributed by atoms with Gasteiger partial charge in [0.15, 0.2) is 0 Å². The summed E-state index contributed by atoms with van der Waals surface area (Å²) in [7, 11) is 1.85. The summed E-state index contributed by atoms with van der Waals surface area (Å²) >= 11 is 6.01. The van der Waals surface area contributed by atoms with Crippen molar-refractivity contribution in [3.8, 4) is 0 Å². The van der Waals surface area contributed by atoms with Gasteiger partial charge in [0.2, 0.25) is 5.91 Å². The van der Waals surface area contributed by atoms with E-state index in [9.17, 15) is 4.79 Å². The van der Waals surface area contributed by atoms with Gasteiger partial charge in [-0.3, -0.25) is 4.79 Å². The highest BCUT2D eigenvalue weighted by Gasteiger charge is 2.44. The van der Waals surface area contributed by atoms with Gasteiger partial charge in [-0.1, -0.05) is 23.7 Å². The number of nitrogens with one attached hydrogen (secondary N) is 2. The molecule has 0 bridgehead atoms. The molecule has 0 aliphatic heterocycles. The quantitative estimate of drug-likeness (QED) is 0.848. The Balaban J connectivity index is 0.00000180. The van der Waals surface area contributed by atoms with Crippen molar-refractivity contribution >= 4 is 29.9 Å². The van der Waals surface area contributed by atoms with E-state index in [4.69, 9.17) is 11.6 Å². The van der Waals surface area contributed by atoms with E-state index in [2.05, 4.69) is 16.7 Å². The highest BCUT2D eigenvalue weighted by Crippen LogP contribution is 2.48. The third-order valence-electron chi connectivity index (χ3n) is 3.52. The number of amides is 1. The van der Waals surface area contributed by atoms with E-state index in [0.29, 0.717) is 6.42 Å². The molecule has 0 heterocycles. The predicted octanol–water partition coefficient (Wildman–Crippen LogP) is 2.52. The van der Waals surface area contributed by atoms with Crippen LogP contribution < -0.4 is 10.6 Å². The summed E-state index contributed by atoms with van der Waals surface area (Å²) in [6.07, 6.45) is 2.78. The van der Waals surface area contributed by atoms with E-state index in [-0.39, 0.29) is 23.7 Å². The largest absolute Gasteiger partial charge is 0.355 e. The minimum absolute atomic E-state index is 0. The van der Waals surface area contributed by atoms with Crippen molar-refractivity contribution in [2.24, 2.45) is 0 Å². The van der Waals surface area contributed by atoms with Gasteiger partial charge in [0, 0.05) is 29.9 Å². The zero-order valence-corrected chi connectivity index (χ0v) is 12.6. The first-order chi connectivity index (χ1) is 8.66. The summed E-state index contributed by atoms with van der Waals surface area (Å²) in [6, 6.07) is 7.96. The molecule has 0 atom stereocenters. The second kappa shape index (κ2) is 7.13. The SMILES string of the molecule is CNCCC(=O)NCC1(c2cccc(Cl)c2)CC1.Cl. The second-order valence-electron chi connectivity index (χ2n) is 4.92. The van der Waals surface area contributed by atoms with Gasteiger partial charge < -0.3 is 10.6 Å². The average molecular weight is 303 g/mol. The lowest BCUT2D eigenvalue weighted by Gasteiger charge is -2.17. The van der Waals surface area contributed by atoms with Crippen LogP contribution in [0.2, 0.25) is 5.02 Å². The number of rotatable bonds is 6. The fourth-order valence-corrected chi connectivity index (χ4v) is 2.32. The van der Waals surface area contributed by atoms with Gasteiger partial charge in [-0.2, -0.15) is 0 Å². The summed E-state index contributed by atoms with van der Waals surface area (Å²) in [5, 5.41) is 6.75. The van der Waals surface area contributed by atoms with Crippen LogP contribution in [0.3, 0.4) is 0 Å². The molecule has 1 fully saturated rings. The summed E-state index contributed by atoms with van der Waals surface area (Å²) in [6.45, 7) is 1.44. The topological polar surface area (TPSA) is 41.1 Å². The smallest absolute Gasteiger partial charge is 0.221 e. The number of carbonyl (C=O) groups is 1. The molecular weight excluding hydrogens is 283 g/mol. The first kappa shape index (κ1) is 16.3. The minimum Gasteiger partial charge on any atom is -0.355 e. The Hall–Kier alpha value is -0.770. The van der Waals surface area contributed by atoms with Gasteiger partial charge in [0.1, 0.15) is 0 Å². The van der Waals surface area contributed by atoms with E-state index in [0.717, 1.165) is 31.0 Å². The lowest BCUT2D eigenvalue weighted by atomic mass is 9.96. The van der Waals surface area contributed by atoms with Gasteiger partial charge in [-0.15, -0.1) is 12.4 Å². The molecule has 0 unspecified atom stereocenters. The van der Waals surface area contributed by atoms with E-state index in [1.165, 1.54) is 5.56 Å². The molecule has 5 heteroatoms. The van der Waals surface area contributed by atoms with E-state index in [1.54, 1.807) is 0 Å². The maximum Gasteiger partial charge on any atom is 0.221 e. The first-order valence-electron chi connectivity index (χ1n) is 6.34. The fraction of sp³-hybridized carbons (Fsp3) is 0.500. The van der Waals surface area contributed by atoms with E-state index in [1.807, 2.05) is 25.2 Å². The second-order valence-corrected chi connectivity index (χ2v) is 5.36. The Morgan fingerprint density at radius 2 is 2.16 bits per heavy atom. The summed E-state index contributed by atoms with van der Waals surface area (Å²) < 4.78 is 0. The van der Waals surface area contributed by atoms with Crippen LogP contribution in [0.15, 0.2) is 24.3 Å². The Kier molecular flexibility index (Phi) is 6.11. The van der Waals surface area contributed by atoms with Crippen LogP contribution >= 0.6 is 24.0 Å². The van der Waals surface area contributed by atoms with Crippen molar-refractivity contribution < 1.29 is 4.79 Å². The highest BCUT2D eigenvalue weighted by molar-refractivity contribution is 6.30. The number of carbonyl (C=O) groups excluding carboxylic acids is 1. The molecule has 1 aliphatic carbocycles. The van der Waals surface area contributed by atoms with Crippen LogP contribution in [0.1, 0.15) is 24.8 Å². The van der Waals surface area contributed by atoms with Gasteiger partial charge in [0.25, 0.3) is 0 Å². The number of hydrogen-bond donors (Lipinski definition) is 2. The molecule has 3 nitrogen and oxygen atoms in total. The Bertz CT molecular complexity index is 433. The van der Waals surface area contributed by atoms with Crippen molar-refractivity contribution in [2.45, 2.75) is 24.7 Å².